The molecule has 150 valence electrons. The third-order valence-corrected chi connectivity index (χ3v) is 6.85. The van der Waals surface area contributed by atoms with Gasteiger partial charge >= 0.3 is 0 Å². The van der Waals surface area contributed by atoms with Crippen molar-refractivity contribution in [3.63, 3.8) is 0 Å². The maximum Gasteiger partial charge on any atom is 0.228 e. The van der Waals surface area contributed by atoms with Crippen molar-refractivity contribution in [2.75, 3.05) is 0 Å². The van der Waals surface area contributed by atoms with Gasteiger partial charge in [0.1, 0.15) is 0 Å². The lowest BCUT2D eigenvalue weighted by Gasteiger charge is -2.39. The van der Waals surface area contributed by atoms with Crippen LogP contribution in [0.4, 0.5) is 0 Å². The molecular formula is C23H20N4O2S. The van der Waals surface area contributed by atoms with Crippen molar-refractivity contribution in [1.29, 1.82) is 0 Å². The standard InChI is InChI=1S/C23H20N4O2S/c1-14-11-18(15-5-2-6-16(12-15)23(22(24)29)8-4-9-23)27-21(26-14)17(13-25-27)20(28)19-7-3-10-30-19/h2-3,5-7,10-13H,4,8-9H2,1H3,(H2,24,29). The lowest BCUT2D eigenvalue weighted by Crippen LogP contribution is -2.46. The van der Waals surface area contributed by atoms with E-state index in [1.165, 1.54) is 11.3 Å². The van der Waals surface area contributed by atoms with Gasteiger partial charge in [-0.05, 0) is 48.9 Å². The minimum atomic E-state index is -0.582. The van der Waals surface area contributed by atoms with Crippen molar-refractivity contribution in [2.24, 2.45) is 5.73 Å². The minimum Gasteiger partial charge on any atom is -0.369 e. The van der Waals surface area contributed by atoms with Gasteiger partial charge in [0.25, 0.3) is 0 Å². The highest BCUT2D eigenvalue weighted by Gasteiger charge is 2.44. The number of hydrogen-bond donors (Lipinski definition) is 1. The molecule has 30 heavy (non-hydrogen) atoms. The zero-order chi connectivity index (χ0) is 20.9. The molecule has 0 radical (unpaired) electrons. The Morgan fingerprint density at radius 1 is 1.17 bits per heavy atom. The highest BCUT2D eigenvalue weighted by atomic mass is 32.1. The van der Waals surface area contributed by atoms with Crippen LogP contribution in [0.25, 0.3) is 16.9 Å². The Labute approximate surface area is 177 Å². The number of amides is 1. The Morgan fingerprint density at radius 3 is 2.67 bits per heavy atom. The van der Waals surface area contributed by atoms with E-state index >= 15 is 0 Å². The first kappa shape index (κ1) is 18.7. The molecule has 5 rings (SSSR count). The number of fused-ring (bicyclic) bond motifs is 1. The molecule has 4 aromatic rings. The van der Waals surface area contributed by atoms with Crippen LogP contribution in [0, 0.1) is 6.92 Å². The largest absolute Gasteiger partial charge is 0.369 e. The summed E-state index contributed by atoms with van der Waals surface area (Å²) in [7, 11) is 0. The van der Waals surface area contributed by atoms with Gasteiger partial charge in [-0.25, -0.2) is 9.50 Å². The summed E-state index contributed by atoms with van der Waals surface area (Å²) in [5, 5.41) is 6.35. The molecule has 2 N–H and O–H groups in total. The summed E-state index contributed by atoms with van der Waals surface area (Å²) in [6.07, 6.45) is 4.13. The summed E-state index contributed by atoms with van der Waals surface area (Å²) in [4.78, 5) is 30.3. The minimum absolute atomic E-state index is 0.0834. The molecule has 3 heterocycles. The van der Waals surface area contributed by atoms with E-state index < -0.39 is 5.41 Å². The number of ketones is 1. The Balaban J connectivity index is 1.65. The quantitative estimate of drug-likeness (QED) is 0.500. The molecule has 6 nitrogen and oxygen atoms in total. The van der Waals surface area contributed by atoms with E-state index in [0.717, 1.165) is 41.8 Å². The molecular weight excluding hydrogens is 396 g/mol. The number of primary amides is 1. The fourth-order valence-corrected chi connectivity index (χ4v) is 4.85. The van der Waals surface area contributed by atoms with E-state index in [1.54, 1.807) is 16.8 Å². The van der Waals surface area contributed by atoms with Crippen LogP contribution in [0.15, 0.2) is 54.0 Å². The smallest absolute Gasteiger partial charge is 0.228 e. The van der Waals surface area contributed by atoms with Crippen LogP contribution in [0.2, 0.25) is 0 Å². The van der Waals surface area contributed by atoms with Gasteiger partial charge in [-0.2, -0.15) is 5.10 Å². The maximum atomic E-state index is 12.9. The molecule has 1 fully saturated rings. The van der Waals surface area contributed by atoms with Crippen LogP contribution in [0.3, 0.4) is 0 Å². The number of benzene rings is 1. The number of thiophene rings is 1. The first-order chi connectivity index (χ1) is 14.5. The lowest BCUT2D eigenvalue weighted by molar-refractivity contribution is -0.126. The maximum absolute atomic E-state index is 12.9. The van der Waals surface area contributed by atoms with E-state index in [2.05, 4.69) is 10.1 Å². The Bertz CT molecular complexity index is 1290. The molecule has 1 amide bonds. The second-order valence-corrected chi connectivity index (χ2v) is 8.71. The molecule has 1 aromatic carbocycles. The van der Waals surface area contributed by atoms with E-state index in [1.807, 2.05) is 48.7 Å². The average Bonchev–Trinajstić information content (AvgIpc) is 3.36. The van der Waals surface area contributed by atoms with Crippen LogP contribution in [0.1, 0.15) is 45.8 Å². The van der Waals surface area contributed by atoms with Crippen LogP contribution in [-0.4, -0.2) is 26.3 Å². The molecule has 1 aliphatic rings. The average molecular weight is 417 g/mol. The van der Waals surface area contributed by atoms with Crippen LogP contribution in [-0.2, 0) is 10.2 Å². The number of aromatic nitrogens is 3. The molecule has 7 heteroatoms. The molecule has 0 atom stereocenters. The summed E-state index contributed by atoms with van der Waals surface area (Å²) >= 11 is 1.40. The van der Waals surface area contributed by atoms with Gasteiger partial charge in [0.2, 0.25) is 11.7 Å². The summed E-state index contributed by atoms with van der Waals surface area (Å²) in [6.45, 7) is 1.90. The molecule has 0 saturated heterocycles. The number of rotatable bonds is 5. The number of nitrogens with zero attached hydrogens (tertiary/aromatic N) is 3. The van der Waals surface area contributed by atoms with Gasteiger partial charge in [0.05, 0.1) is 27.7 Å². The monoisotopic (exact) mass is 416 g/mol. The first-order valence-electron chi connectivity index (χ1n) is 9.84. The predicted octanol–water partition coefficient (Wildman–Crippen LogP) is 3.90. The van der Waals surface area contributed by atoms with Gasteiger partial charge in [-0.1, -0.05) is 30.7 Å². The van der Waals surface area contributed by atoms with E-state index in [-0.39, 0.29) is 11.7 Å². The zero-order valence-corrected chi connectivity index (χ0v) is 17.3. The van der Waals surface area contributed by atoms with Crippen molar-refractivity contribution in [3.05, 3.63) is 75.7 Å². The predicted molar refractivity (Wildman–Crippen MR) is 116 cm³/mol. The van der Waals surface area contributed by atoms with E-state index in [9.17, 15) is 9.59 Å². The van der Waals surface area contributed by atoms with Gasteiger partial charge < -0.3 is 5.73 Å². The molecule has 1 aliphatic carbocycles. The summed E-state index contributed by atoms with van der Waals surface area (Å²) in [6, 6.07) is 13.5. The second kappa shape index (κ2) is 6.88. The molecule has 0 unspecified atom stereocenters. The molecule has 0 bridgehead atoms. The number of carbonyl (C=O) groups is 2. The number of nitrogens with two attached hydrogens (primary N) is 1. The highest BCUT2D eigenvalue weighted by Crippen LogP contribution is 2.44. The van der Waals surface area contributed by atoms with Crippen molar-refractivity contribution in [3.8, 4) is 11.3 Å². The SMILES string of the molecule is Cc1cc(-c2cccc(C3(C(N)=O)CCC3)c2)n2ncc(C(=O)c3cccs3)c2n1. The van der Waals surface area contributed by atoms with E-state index in [0.29, 0.717) is 16.1 Å². The summed E-state index contributed by atoms with van der Waals surface area (Å²) in [5.74, 6) is -0.357. The van der Waals surface area contributed by atoms with Crippen molar-refractivity contribution in [1.82, 2.24) is 14.6 Å². The van der Waals surface area contributed by atoms with E-state index in [4.69, 9.17) is 5.73 Å². The third kappa shape index (κ3) is 2.77. The number of aryl methyl sites for hydroxylation is 1. The fourth-order valence-electron chi connectivity index (χ4n) is 4.17. The third-order valence-electron chi connectivity index (χ3n) is 5.98. The van der Waals surface area contributed by atoms with Crippen molar-refractivity contribution in [2.45, 2.75) is 31.6 Å². The summed E-state index contributed by atoms with van der Waals surface area (Å²) < 4.78 is 1.70. The number of carbonyl (C=O) groups excluding carboxylic acids is 2. The van der Waals surface area contributed by atoms with Crippen LogP contribution >= 0.6 is 11.3 Å². The van der Waals surface area contributed by atoms with Gasteiger partial charge in [0, 0.05) is 11.3 Å². The number of hydrogen-bond acceptors (Lipinski definition) is 5. The molecule has 3 aromatic heterocycles. The van der Waals surface area contributed by atoms with Crippen molar-refractivity contribution >= 4 is 28.7 Å². The Hall–Kier alpha value is -3.32. The van der Waals surface area contributed by atoms with Crippen LogP contribution < -0.4 is 5.73 Å². The molecule has 0 aliphatic heterocycles. The summed E-state index contributed by atoms with van der Waals surface area (Å²) in [5.41, 5.74) is 9.63. The molecule has 1 saturated carbocycles. The highest BCUT2D eigenvalue weighted by molar-refractivity contribution is 7.12. The topological polar surface area (TPSA) is 90.4 Å². The van der Waals surface area contributed by atoms with Gasteiger partial charge in [-0.15, -0.1) is 11.3 Å². The fraction of sp³-hybridized carbons (Fsp3) is 0.217. The lowest BCUT2D eigenvalue weighted by atomic mass is 9.64. The van der Waals surface area contributed by atoms with Crippen molar-refractivity contribution < 1.29 is 9.59 Å². The normalized spacial score (nSPS) is 15.1. The molecule has 0 spiro atoms. The Kier molecular flexibility index (Phi) is 4.29. The van der Waals surface area contributed by atoms with Gasteiger partial charge in [0.15, 0.2) is 5.65 Å². The zero-order valence-electron chi connectivity index (χ0n) is 16.5. The second-order valence-electron chi connectivity index (χ2n) is 7.76. The van der Waals surface area contributed by atoms with Crippen LogP contribution in [0.5, 0.6) is 0 Å². The first-order valence-corrected chi connectivity index (χ1v) is 10.7. The van der Waals surface area contributed by atoms with Gasteiger partial charge in [-0.3, -0.25) is 9.59 Å². The Morgan fingerprint density at radius 2 is 2.00 bits per heavy atom.